The molecule has 0 spiro atoms. The number of rotatable bonds is 3. The molecule has 1 heterocycles. The molecule has 20 heavy (non-hydrogen) atoms. The predicted octanol–water partition coefficient (Wildman–Crippen LogP) is 4.84. The van der Waals surface area contributed by atoms with Crippen molar-refractivity contribution < 1.29 is 13.2 Å². The second kappa shape index (κ2) is 6.15. The smallest absolute Gasteiger partial charge is 0.271 e. The molecular weight excluding hydrogens is 421 g/mol. The molecule has 2 aromatic rings. The Kier molecular flexibility index (Phi) is 4.91. The van der Waals surface area contributed by atoms with E-state index in [4.69, 9.17) is 5.84 Å². The van der Waals surface area contributed by atoms with Crippen molar-refractivity contribution in [1.82, 2.24) is 5.43 Å². The second-order valence-corrected chi connectivity index (χ2v) is 7.21. The van der Waals surface area contributed by atoms with Crippen LogP contribution in [0, 0.1) is 0 Å². The van der Waals surface area contributed by atoms with Crippen LogP contribution in [0.4, 0.5) is 13.2 Å². The number of nitrogens with one attached hydrogen (secondary N) is 1. The maximum atomic E-state index is 13.1. The number of hydrazine groups is 1. The lowest BCUT2D eigenvalue weighted by molar-refractivity contribution is -0.138. The van der Waals surface area contributed by atoms with Gasteiger partial charge in [0.2, 0.25) is 0 Å². The van der Waals surface area contributed by atoms with Gasteiger partial charge in [0, 0.05) is 9.35 Å². The molecule has 0 saturated carbocycles. The van der Waals surface area contributed by atoms with Crippen LogP contribution < -0.4 is 11.3 Å². The van der Waals surface area contributed by atoms with Crippen molar-refractivity contribution in [1.29, 1.82) is 0 Å². The highest BCUT2D eigenvalue weighted by atomic mass is 79.9. The number of hydrogen-bond donors (Lipinski definition) is 2. The summed E-state index contributed by atoms with van der Waals surface area (Å²) in [5.74, 6) is 5.47. The molecule has 0 saturated heterocycles. The van der Waals surface area contributed by atoms with Gasteiger partial charge in [0.05, 0.1) is 15.4 Å². The summed E-state index contributed by atoms with van der Waals surface area (Å²) in [5.41, 5.74) is 1.87. The number of nitrogens with two attached hydrogens (primary N) is 1. The Hall–Kier alpha value is -0.410. The molecule has 108 valence electrons. The van der Waals surface area contributed by atoms with Crippen molar-refractivity contribution in [2.24, 2.45) is 5.84 Å². The van der Waals surface area contributed by atoms with E-state index >= 15 is 0 Å². The molecule has 1 aromatic carbocycles. The highest BCUT2D eigenvalue weighted by Crippen LogP contribution is 2.41. The van der Waals surface area contributed by atoms with Gasteiger partial charge >= 0.3 is 6.18 Å². The zero-order chi connectivity index (χ0) is 14.9. The molecule has 0 radical (unpaired) electrons. The van der Waals surface area contributed by atoms with E-state index < -0.39 is 17.8 Å². The van der Waals surface area contributed by atoms with Crippen LogP contribution in [0.5, 0.6) is 0 Å². The molecule has 0 amide bonds. The van der Waals surface area contributed by atoms with E-state index in [0.717, 1.165) is 14.3 Å². The van der Waals surface area contributed by atoms with Gasteiger partial charge < -0.3 is 0 Å². The van der Waals surface area contributed by atoms with E-state index in [0.29, 0.717) is 4.88 Å². The van der Waals surface area contributed by atoms with Crippen LogP contribution >= 0.6 is 43.2 Å². The van der Waals surface area contributed by atoms with Crippen LogP contribution in [0.3, 0.4) is 0 Å². The summed E-state index contributed by atoms with van der Waals surface area (Å²) >= 11 is 7.96. The summed E-state index contributed by atoms with van der Waals surface area (Å²) in [7, 11) is 0. The van der Waals surface area contributed by atoms with Crippen LogP contribution in [0.25, 0.3) is 0 Å². The van der Waals surface area contributed by atoms with Gasteiger partial charge in [0.1, 0.15) is 0 Å². The first-order chi connectivity index (χ1) is 9.34. The third-order valence-corrected chi connectivity index (χ3v) is 6.01. The molecule has 0 bridgehead atoms. The maximum absolute atomic E-state index is 13.1. The highest BCUT2D eigenvalue weighted by molar-refractivity contribution is 9.13. The van der Waals surface area contributed by atoms with Crippen LogP contribution in [0.1, 0.15) is 22.0 Å². The zero-order valence-corrected chi connectivity index (χ0v) is 13.8. The van der Waals surface area contributed by atoms with Crippen molar-refractivity contribution in [3.63, 3.8) is 0 Å². The standard InChI is InChI=1S/C12H9Br2F3N2S/c13-8-5-9(20-11(8)14)10(19-18)6-3-1-2-4-7(6)12(15,16)17/h1-5,10,19H,18H2. The summed E-state index contributed by atoms with van der Waals surface area (Å²) < 4.78 is 40.8. The summed E-state index contributed by atoms with van der Waals surface area (Å²) in [5, 5.41) is 0. The number of thiophene rings is 1. The molecule has 0 aliphatic rings. The monoisotopic (exact) mass is 428 g/mol. The topological polar surface area (TPSA) is 38.0 Å². The van der Waals surface area contributed by atoms with Gasteiger partial charge in [-0.25, -0.2) is 5.43 Å². The van der Waals surface area contributed by atoms with E-state index in [1.807, 2.05) is 0 Å². The van der Waals surface area contributed by atoms with Crippen molar-refractivity contribution in [3.05, 3.63) is 54.6 Å². The Labute approximate surface area is 134 Å². The number of halogens is 5. The Bertz CT molecular complexity index is 593. The first-order valence-electron chi connectivity index (χ1n) is 5.41. The average Bonchev–Trinajstić information content (AvgIpc) is 2.70. The number of hydrogen-bond acceptors (Lipinski definition) is 3. The van der Waals surface area contributed by atoms with Crippen LogP contribution in [0.15, 0.2) is 38.6 Å². The SMILES string of the molecule is NNC(c1cc(Br)c(Br)s1)c1ccccc1C(F)(F)F. The molecule has 0 aliphatic heterocycles. The summed E-state index contributed by atoms with van der Waals surface area (Å²) in [6.45, 7) is 0. The van der Waals surface area contributed by atoms with Crippen LogP contribution in [-0.2, 0) is 6.18 Å². The van der Waals surface area contributed by atoms with Gasteiger partial charge in [0.15, 0.2) is 0 Å². The fourth-order valence-corrected chi connectivity index (χ4v) is 4.01. The van der Waals surface area contributed by atoms with Gasteiger partial charge in [-0.1, -0.05) is 18.2 Å². The zero-order valence-electron chi connectivity index (χ0n) is 9.84. The van der Waals surface area contributed by atoms with Gasteiger partial charge in [-0.3, -0.25) is 5.84 Å². The van der Waals surface area contributed by atoms with Crippen LogP contribution in [0.2, 0.25) is 0 Å². The molecule has 8 heteroatoms. The average molecular weight is 430 g/mol. The minimum atomic E-state index is -4.42. The normalized spacial score (nSPS) is 13.5. The van der Waals surface area contributed by atoms with E-state index in [-0.39, 0.29) is 5.56 Å². The van der Waals surface area contributed by atoms with Gasteiger partial charge in [-0.15, -0.1) is 11.3 Å². The van der Waals surface area contributed by atoms with Crippen molar-refractivity contribution in [2.45, 2.75) is 12.2 Å². The van der Waals surface area contributed by atoms with E-state index in [2.05, 4.69) is 37.3 Å². The molecule has 1 atom stereocenters. The Balaban J connectivity index is 2.53. The first kappa shape index (κ1) is 16.0. The van der Waals surface area contributed by atoms with Crippen LogP contribution in [-0.4, -0.2) is 0 Å². The highest BCUT2D eigenvalue weighted by Gasteiger charge is 2.35. The van der Waals surface area contributed by atoms with Gasteiger partial charge in [-0.05, 0) is 49.6 Å². The maximum Gasteiger partial charge on any atom is 0.416 e. The van der Waals surface area contributed by atoms with Crippen molar-refractivity contribution >= 4 is 43.2 Å². The number of alkyl halides is 3. The lowest BCUT2D eigenvalue weighted by Crippen LogP contribution is -2.30. The first-order valence-corrected chi connectivity index (χ1v) is 7.82. The molecule has 0 fully saturated rings. The minimum Gasteiger partial charge on any atom is -0.271 e. The van der Waals surface area contributed by atoms with Crippen molar-refractivity contribution in [3.8, 4) is 0 Å². The molecular formula is C12H9Br2F3N2S. The van der Waals surface area contributed by atoms with Gasteiger partial charge in [-0.2, -0.15) is 13.2 Å². The van der Waals surface area contributed by atoms with Crippen molar-refractivity contribution in [2.75, 3.05) is 0 Å². The minimum absolute atomic E-state index is 0.101. The fourth-order valence-electron chi connectivity index (χ4n) is 1.84. The lowest BCUT2D eigenvalue weighted by atomic mass is 9.99. The summed E-state index contributed by atoms with van der Waals surface area (Å²) in [4.78, 5) is 0.683. The third-order valence-electron chi connectivity index (χ3n) is 2.69. The molecule has 1 aromatic heterocycles. The Morgan fingerprint density at radius 3 is 2.35 bits per heavy atom. The third kappa shape index (κ3) is 3.25. The fraction of sp³-hybridized carbons (Fsp3) is 0.167. The molecule has 3 N–H and O–H groups in total. The Morgan fingerprint density at radius 1 is 1.20 bits per heavy atom. The Morgan fingerprint density at radius 2 is 1.85 bits per heavy atom. The summed E-state index contributed by atoms with van der Waals surface area (Å²) in [6.07, 6.45) is -4.42. The number of benzene rings is 1. The lowest BCUT2D eigenvalue weighted by Gasteiger charge is -2.20. The quantitative estimate of drug-likeness (QED) is 0.540. The van der Waals surface area contributed by atoms with E-state index in [1.165, 1.54) is 23.5 Å². The molecule has 1 unspecified atom stereocenters. The molecule has 2 nitrogen and oxygen atoms in total. The largest absolute Gasteiger partial charge is 0.416 e. The molecule has 0 aliphatic carbocycles. The van der Waals surface area contributed by atoms with Gasteiger partial charge in [0.25, 0.3) is 0 Å². The molecule has 2 rings (SSSR count). The van der Waals surface area contributed by atoms with E-state index in [1.54, 1.807) is 12.1 Å². The second-order valence-electron chi connectivity index (χ2n) is 3.96. The van der Waals surface area contributed by atoms with E-state index in [9.17, 15) is 13.2 Å². The summed E-state index contributed by atoms with van der Waals surface area (Å²) in [6, 6.07) is 6.42. The predicted molar refractivity (Wildman–Crippen MR) is 80.3 cm³/mol.